The second-order valence-corrected chi connectivity index (χ2v) is 7.92. The number of likely N-dealkylation sites (tertiary alicyclic amines) is 1. The van der Waals surface area contributed by atoms with E-state index < -0.39 is 0 Å². The van der Waals surface area contributed by atoms with Crippen molar-refractivity contribution in [2.45, 2.75) is 52.4 Å². The Labute approximate surface area is 202 Å². The molecule has 0 aliphatic carbocycles. The molecular formula is C24H34IN5O. The second-order valence-electron chi connectivity index (χ2n) is 7.92. The van der Waals surface area contributed by atoms with Crippen LogP contribution in [0.3, 0.4) is 0 Å². The highest BCUT2D eigenvalue weighted by Crippen LogP contribution is 2.20. The highest BCUT2D eigenvalue weighted by molar-refractivity contribution is 14.0. The van der Waals surface area contributed by atoms with Crippen LogP contribution in [0.25, 0.3) is 0 Å². The lowest BCUT2D eigenvalue weighted by Crippen LogP contribution is -2.44. The van der Waals surface area contributed by atoms with E-state index in [-0.39, 0.29) is 29.9 Å². The van der Waals surface area contributed by atoms with E-state index in [1.807, 2.05) is 24.3 Å². The molecule has 2 atom stereocenters. The molecule has 0 saturated carbocycles. The summed E-state index contributed by atoms with van der Waals surface area (Å²) in [5.41, 5.74) is 3.21. The first-order valence-electron chi connectivity index (χ1n) is 10.7. The Morgan fingerprint density at radius 2 is 1.87 bits per heavy atom. The van der Waals surface area contributed by atoms with Crippen LogP contribution in [0.15, 0.2) is 59.6 Å². The van der Waals surface area contributed by atoms with E-state index in [1.165, 1.54) is 12.5 Å². The van der Waals surface area contributed by atoms with E-state index >= 15 is 0 Å². The van der Waals surface area contributed by atoms with E-state index in [2.05, 4.69) is 65.0 Å². The van der Waals surface area contributed by atoms with Crippen LogP contribution in [0.4, 0.5) is 5.69 Å². The summed E-state index contributed by atoms with van der Waals surface area (Å²) in [6.45, 7) is 9.23. The van der Waals surface area contributed by atoms with E-state index in [9.17, 15) is 4.79 Å². The maximum atomic E-state index is 11.3. The van der Waals surface area contributed by atoms with Gasteiger partial charge in [0.1, 0.15) is 0 Å². The number of amides is 1. The van der Waals surface area contributed by atoms with Crippen molar-refractivity contribution in [2.75, 3.05) is 18.4 Å². The van der Waals surface area contributed by atoms with Gasteiger partial charge in [-0.05, 0) is 43.5 Å². The number of rotatable bonds is 7. The molecule has 1 aliphatic rings. The number of nitrogens with zero attached hydrogens (tertiary/aromatic N) is 2. The quantitative estimate of drug-likeness (QED) is 0.285. The average Bonchev–Trinajstić information content (AvgIpc) is 3.05. The Hall–Kier alpha value is -2.13. The van der Waals surface area contributed by atoms with Gasteiger partial charge in [-0.2, -0.15) is 0 Å². The SMILES string of the molecule is CCNC(=NCc1cccc(NC(C)=O)c1)NC1CC(C)N(Cc2ccccc2)C1.I. The Kier molecular flexibility index (Phi) is 10.3. The zero-order valence-electron chi connectivity index (χ0n) is 18.6. The minimum absolute atomic E-state index is 0. The van der Waals surface area contributed by atoms with E-state index in [0.717, 1.165) is 43.3 Å². The van der Waals surface area contributed by atoms with Crippen molar-refractivity contribution >= 4 is 41.5 Å². The van der Waals surface area contributed by atoms with Gasteiger partial charge in [-0.3, -0.25) is 9.69 Å². The number of halogens is 1. The zero-order chi connectivity index (χ0) is 21.3. The summed E-state index contributed by atoms with van der Waals surface area (Å²) in [6, 6.07) is 19.4. The summed E-state index contributed by atoms with van der Waals surface area (Å²) in [5.74, 6) is 0.766. The smallest absolute Gasteiger partial charge is 0.221 e. The number of anilines is 1. The third kappa shape index (κ3) is 8.14. The highest BCUT2D eigenvalue weighted by atomic mass is 127. The van der Waals surface area contributed by atoms with Gasteiger partial charge in [-0.1, -0.05) is 42.5 Å². The van der Waals surface area contributed by atoms with Gasteiger partial charge < -0.3 is 16.0 Å². The fourth-order valence-electron chi connectivity index (χ4n) is 3.88. The molecule has 0 aromatic heterocycles. The van der Waals surface area contributed by atoms with Gasteiger partial charge in [0.25, 0.3) is 0 Å². The summed E-state index contributed by atoms with van der Waals surface area (Å²) in [4.78, 5) is 18.6. The molecule has 1 fully saturated rings. The standard InChI is InChI=1S/C24H33N5O.HI/c1-4-25-24(26-15-21-11-8-12-22(14-21)27-19(3)30)28-23-13-18(2)29(17-23)16-20-9-6-5-7-10-20;/h5-12,14,18,23H,4,13,15-17H2,1-3H3,(H,27,30)(H2,25,26,28);1H. The van der Waals surface area contributed by atoms with Crippen molar-refractivity contribution in [3.63, 3.8) is 0 Å². The number of nitrogens with one attached hydrogen (secondary N) is 3. The number of benzene rings is 2. The summed E-state index contributed by atoms with van der Waals surface area (Å²) in [5, 5.41) is 9.79. The van der Waals surface area contributed by atoms with Crippen molar-refractivity contribution in [3.05, 3.63) is 65.7 Å². The first kappa shape index (κ1) is 25.1. The van der Waals surface area contributed by atoms with Crippen LogP contribution in [0.1, 0.15) is 38.3 Å². The van der Waals surface area contributed by atoms with Crippen LogP contribution in [0.2, 0.25) is 0 Å². The van der Waals surface area contributed by atoms with Crippen LogP contribution in [0, 0.1) is 0 Å². The Balaban J connectivity index is 0.00000341. The molecule has 2 aromatic carbocycles. The van der Waals surface area contributed by atoms with Crippen LogP contribution in [0.5, 0.6) is 0 Å². The van der Waals surface area contributed by atoms with Crippen molar-refractivity contribution in [1.29, 1.82) is 0 Å². The first-order chi connectivity index (χ1) is 14.5. The molecule has 6 nitrogen and oxygen atoms in total. The van der Waals surface area contributed by atoms with Gasteiger partial charge in [0.2, 0.25) is 5.91 Å². The molecule has 0 radical (unpaired) electrons. The monoisotopic (exact) mass is 535 g/mol. The fraction of sp³-hybridized carbons (Fsp3) is 0.417. The van der Waals surface area contributed by atoms with Gasteiger partial charge in [-0.15, -0.1) is 24.0 Å². The first-order valence-corrected chi connectivity index (χ1v) is 10.7. The lowest BCUT2D eigenvalue weighted by molar-refractivity contribution is -0.114. The van der Waals surface area contributed by atoms with Gasteiger partial charge >= 0.3 is 0 Å². The summed E-state index contributed by atoms with van der Waals surface area (Å²) in [6.07, 6.45) is 1.09. The van der Waals surface area contributed by atoms with E-state index in [0.29, 0.717) is 18.6 Å². The fourth-order valence-corrected chi connectivity index (χ4v) is 3.88. The number of carbonyl (C=O) groups is 1. The number of carbonyl (C=O) groups excluding carboxylic acids is 1. The number of guanidine groups is 1. The Morgan fingerprint density at radius 1 is 1.13 bits per heavy atom. The molecule has 3 N–H and O–H groups in total. The molecule has 1 heterocycles. The lowest BCUT2D eigenvalue weighted by atomic mass is 10.2. The third-order valence-corrected chi connectivity index (χ3v) is 5.28. The number of hydrogen-bond acceptors (Lipinski definition) is 3. The minimum atomic E-state index is -0.0685. The molecule has 168 valence electrons. The predicted molar refractivity (Wildman–Crippen MR) is 139 cm³/mol. The zero-order valence-corrected chi connectivity index (χ0v) is 20.9. The van der Waals surface area contributed by atoms with Crippen molar-refractivity contribution < 1.29 is 4.79 Å². The minimum Gasteiger partial charge on any atom is -0.357 e. The molecule has 7 heteroatoms. The molecule has 31 heavy (non-hydrogen) atoms. The molecule has 2 unspecified atom stereocenters. The topological polar surface area (TPSA) is 68.8 Å². The molecule has 1 saturated heterocycles. The third-order valence-electron chi connectivity index (χ3n) is 5.28. The molecule has 1 aliphatic heterocycles. The number of hydrogen-bond donors (Lipinski definition) is 3. The maximum absolute atomic E-state index is 11.3. The Bertz CT molecular complexity index is 858. The predicted octanol–water partition coefficient (Wildman–Crippen LogP) is 3.98. The van der Waals surface area contributed by atoms with Gasteiger partial charge in [0.15, 0.2) is 5.96 Å². The van der Waals surface area contributed by atoms with E-state index in [1.54, 1.807) is 0 Å². The molecule has 0 spiro atoms. The van der Waals surface area contributed by atoms with Gasteiger partial charge in [0.05, 0.1) is 6.54 Å². The molecule has 1 amide bonds. The van der Waals surface area contributed by atoms with Crippen molar-refractivity contribution in [2.24, 2.45) is 4.99 Å². The number of aliphatic imine (C=N–C) groups is 1. The van der Waals surface area contributed by atoms with Gasteiger partial charge in [0, 0.05) is 44.3 Å². The lowest BCUT2D eigenvalue weighted by Gasteiger charge is -2.21. The largest absolute Gasteiger partial charge is 0.357 e. The van der Waals surface area contributed by atoms with E-state index in [4.69, 9.17) is 4.99 Å². The maximum Gasteiger partial charge on any atom is 0.221 e. The van der Waals surface area contributed by atoms with Gasteiger partial charge in [-0.25, -0.2) is 4.99 Å². The molecule has 2 aromatic rings. The normalized spacial score (nSPS) is 18.9. The van der Waals surface area contributed by atoms with Crippen LogP contribution in [-0.4, -0.2) is 41.9 Å². The van der Waals surface area contributed by atoms with Crippen molar-refractivity contribution in [3.8, 4) is 0 Å². The molecular weight excluding hydrogens is 501 g/mol. The van der Waals surface area contributed by atoms with Crippen LogP contribution >= 0.6 is 24.0 Å². The summed E-state index contributed by atoms with van der Waals surface area (Å²) >= 11 is 0. The summed E-state index contributed by atoms with van der Waals surface area (Å²) < 4.78 is 0. The second kappa shape index (κ2) is 12.7. The van der Waals surface area contributed by atoms with Crippen LogP contribution < -0.4 is 16.0 Å². The molecule has 3 rings (SSSR count). The van der Waals surface area contributed by atoms with Crippen LogP contribution in [-0.2, 0) is 17.9 Å². The Morgan fingerprint density at radius 3 is 2.58 bits per heavy atom. The molecule has 0 bridgehead atoms. The summed E-state index contributed by atoms with van der Waals surface area (Å²) in [7, 11) is 0. The highest BCUT2D eigenvalue weighted by Gasteiger charge is 2.29. The van der Waals surface area contributed by atoms with Crippen molar-refractivity contribution in [1.82, 2.24) is 15.5 Å². The average molecular weight is 535 g/mol.